The SMILES string of the molecule is CC(C)C(Oc1ccc(CN2CCCCC2)cc1)C1CCNCC1. The topological polar surface area (TPSA) is 24.5 Å². The van der Waals surface area contributed by atoms with Gasteiger partial charge in [-0.3, -0.25) is 4.90 Å². The fourth-order valence-electron chi connectivity index (χ4n) is 4.16. The standard InChI is InChI=1S/C21H34N2O/c1-17(2)21(19-10-12-22-13-11-19)24-20-8-6-18(7-9-20)16-23-14-4-3-5-15-23/h6-9,17,19,21-22H,3-5,10-16H2,1-2H3. The predicted octanol–water partition coefficient (Wildman–Crippen LogP) is 4.08. The normalized spacial score (nSPS) is 21.8. The number of likely N-dealkylation sites (tertiary alicyclic amines) is 1. The average Bonchev–Trinajstić information content (AvgIpc) is 2.62. The number of piperidine rings is 2. The van der Waals surface area contributed by atoms with Gasteiger partial charge in [0.15, 0.2) is 0 Å². The quantitative estimate of drug-likeness (QED) is 0.851. The molecule has 1 atom stereocenters. The molecule has 0 aliphatic carbocycles. The summed E-state index contributed by atoms with van der Waals surface area (Å²) in [6, 6.07) is 8.86. The van der Waals surface area contributed by atoms with Gasteiger partial charge in [0.2, 0.25) is 0 Å². The number of rotatable bonds is 6. The van der Waals surface area contributed by atoms with Crippen molar-refractivity contribution >= 4 is 0 Å². The minimum Gasteiger partial charge on any atom is -0.490 e. The summed E-state index contributed by atoms with van der Waals surface area (Å²) in [6.07, 6.45) is 6.91. The molecule has 3 rings (SSSR count). The van der Waals surface area contributed by atoms with Crippen LogP contribution >= 0.6 is 0 Å². The van der Waals surface area contributed by atoms with Crippen LogP contribution in [0.4, 0.5) is 0 Å². The number of benzene rings is 1. The predicted molar refractivity (Wildman–Crippen MR) is 100 cm³/mol. The van der Waals surface area contributed by atoms with Crippen LogP contribution in [0.3, 0.4) is 0 Å². The van der Waals surface area contributed by atoms with E-state index in [2.05, 4.69) is 48.3 Å². The van der Waals surface area contributed by atoms with Gasteiger partial charge in [0.25, 0.3) is 0 Å². The molecule has 1 aromatic rings. The Kier molecular flexibility index (Phi) is 6.56. The summed E-state index contributed by atoms with van der Waals surface area (Å²) in [5.74, 6) is 2.27. The van der Waals surface area contributed by atoms with Crippen LogP contribution in [-0.2, 0) is 6.54 Å². The zero-order chi connectivity index (χ0) is 16.8. The van der Waals surface area contributed by atoms with E-state index >= 15 is 0 Å². The van der Waals surface area contributed by atoms with E-state index < -0.39 is 0 Å². The molecule has 3 heteroatoms. The molecule has 134 valence electrons. The van der Waals surface area contributed by atoms with Crippen LogP contribution in [0.5, 0.6) is 5.75 Å². The smallest absolute Gasteiger partial charge is 0.119 e. The second kappa shape index (κ2) is 8.87. The second-order valence-electron chi connectivity index (χ2n) is 7.89. The molecule has 1 N–H and O–H groups in total. The van der Waals surface area contributed by atoms with Crippen molar-refractivity contribution < 1.29 is 4.74 Å². The number of nitrogens with one attached hydrogen (secondary N) is 1. The molecule has 2 fully saturated rings. The Morgan fingerprint density at radius 1 is 1.04 bits per heavy atom. The van der Waals surface area contributed by atoms with E-state index in [1.807, 2.05) is 0 Å². The van der Waals surface area contributed by atoms with Crippen LogP contribution < -0.4 is 10.1 Å². The summed E-state index contributed by atoms with van der Waals surface area (Å²) >= 11 is 0. The van der Waals surface area contributed by atoms with Gasteiger partial charge in [0.1, 0.15) is 11.9 Å². The van der Waals surface area contributed by atoms with Gasteiger partial charge in [0.05, 0.1) is 0 Å². The first-order valence-corrected chi connectivity index (χ1v) is 9.91. The van der Waals surface area contributed by atoms with Crippen LogP contribution in [0.25, 0.3) is 0 Å². The summed E-state index contributed by atoms with van der Waals surface area (Å²) in [5, 5.41) is 3.46. The lowest BCUT2D eigenvalue weighted by atomic mass is 9.86. The highest BCUT2D eigenvalue weighted by molar-refractivity contribution is 5.27. The molecule has 0 saturated carbocycles. The van der Waals surface area contributed by atoms with Gasteiger partial charge in [-0.1, -0.05) is 32.4 Å². The van der Waals surface area contributed by atoms with Gasteiger partial charge in [-0.25, -0.2) is 0 Å². The lowest BCUT2D eigenvalue weighted by molar-refractivity contribution is 0.0720. The first-order valence-electron chi connectivity index (χ1n) is 9.91. The maximum atomic E-state index is 6.42. The third-order valence-electron chi connectivity index (χ3n) is 5.56. The average molecular weight is 331 g/mol. The lowest BCUT2D eigenvalue weighted by Gasteiger charge is -2.33. The molecular formula is C21H34N2O. The Morgan fingerprint density at radius 3 is 2.33 bits per heavy atom. The number of hydrogen-bond acceptors (Lipinski definition) is 3. The minimum atomic E-state index is 0.333. The second-order valence-corrected chi connectivity index (χ2v) is 7.89. The molecule has 0 spiro atoms. The fourth-order valence-corrected chi connectivity index (χ4v) is 4.16. The highest BCUT2D eigenvalue weighted by Crippen LogP contribution is 2.27. The molecular weight excluding hydrogens is 296 g/mol. The van der Waals surface area contributed by atoms with Crippen molar-refractivity contribution in [3.05, 3.63) is 29.8 Å². The van der Waals surface area contributed by atoms with Crippen LogP contribution in [0.2, 0.25) is 0 Å². The van der Waals surface area contributed by atoms with E-state index in [4.69, 9.17) is 4.74 Å². The molecule has 24 heavy (non-hydrogen) atoms. The Bertz CT molecular complexity index is 473. The highest BCUT2D eigenvalue weighted by Gasteiger charge is 2.27. The third kappa shape index (κ3) is 4.97. The Morgan fingerprint density at radius 2 is 1.71 bits per heavy atom. The fraction of sp³-hybridized carbons (Fsp3) is 0.714. The van der Waals surface area contributed by atoms with Crippen LogP contribution in [0.15, 0.2) is 24.3 Å². The zero-order valence-corrected chi connectivity index (χ0v) is 15.5. The Hall–Kier alpha value is -1.06. The van der Waals surface area contributed by atoms with Crippen molar-refractivity contribution in [2.45, 2.75) is 58.6 Å². The third-order valence-corrected chi connectivity index (χ3v) is 5.56. The van der Waals surface area contributed by atoms with Crippen molar-refractivity contribution in [2.75, 3.05) is 26.2 Å². The molecule has 1 aromatic carbocycles. The van der Waals surface area contributed by atoms with Crippen molar-refractivity contribution in [2.24, 2.45) is 11.8 Å². The van der Waals surface area contributed by atoms with Gasteiger partial charge in [-0.05, 0) is 81.4 Å². The number of nitrogens with zero attached hydrogens (tertiary/aromatic N) is 1. The maximum Gasteiger partial charge on any atom is 0.119 e. The van der Waals surface area contributed by atoms with E-state index in [1.165, 1.54) is 50.8 Å². The van der Waals surface area contributed by atoms with Crippen molar-refractivity contribution in [1.82, 2.24) is 10.2 Å². The van der Waals surface area contributed by atoms with Crippen LogP contribution in [0.1, 0.15) is 51.5 Å². The summed E-state index contributed by atoms with van der Waals surface area (Å²) < 4.78 is 6.42. The van der Waals surface area contributed by atoms with Crippen molar-refractivity contribution in [3.8, 4) is 5.75 Å². The van der Waals surface area contributed by atoms with E-state index in [9.17, 15) is 0 Å². The van der Waals surface area contributed by atoms with Crippen LogP contribution in [0, 0.1) is 11.8 Å². The summed E-state index contributed by atoms with van der Waals surface area (Å²) in [5.41, 5.74) is 1.41. The molecule has 2 heterocycles. The molecule has 2 saturated heterocycles. The van der Waals surface area contributed by atoms with Gasteiger partial charge in [0, 0.05) is 6.54 Å². The zero-order valence-electron chi connectivity index (χ0n) is 15.5. The van der Waals surface area contributed by atoms with Gasteiger partial charge >= 0.3 is 0 Å². The Labute approximate surface area is 147 Å². The van der Waals surface area contributed by atoms with Crippen molar-refractivity contribution in [3.63, 3.8) is 0 Å². The first-order chi connectivity index (χ1) is 11.7. The Balaban J connectivity index is 1.57. The largest absolute Gasteiger partial charge is 0.490 e. The molecule has 0 bridgehead atoms. The van der Waals surface area contributed by atoms with Crippen molar-refractivity contribution in [1.29, 1.82) is 0 Å². The molecule has 2 aliphatic heterocycles. The number of ether oxygens (including phenoxy) is 1. The minimum absolute atomic E-state index is 0.333. The van der Waals surface area contributed by atoms with E-state index in [0.29, 0.717) is 17.9 Å². The summed E-state index contributed by atoms with van der Waals surface area (Å²) in [7, 11) is 0. The maximum absolute atomic E-state index is 6.42. The van der Waals surface area contributed by atoms with E-state index in [0.717, 1.165) is 25.4 Å². The molecule has 2 aliphatic rings. The summed E-state index contributed by atoms with van der Waals surface area (Å²) in [6.45, 7) is 10.4. The highest BCUT2D eigenvalue weighted by atomic mass is 16.5. The van der Waals surface area contributed by atoms with E-state index in [1.54, 1.807) is 0 Å². The van der Waals surface area contributed by atoms with Crippen LogP contribution in [-0.4, -0.2) is 37.2 Å². The molecule has 0 aromatic heterocycles. The molecule has 1 unspecified atom stereocenters. The number of hydrogen-bond donors (Lipinski definition) is 1. The molecule has 3 nitrogen and oxygen atoms in total. The lowest BCUT2D eigenvalue weighted by Crippen LogP contribution is -2.39. The molecule has 0 amide bonds. The van der Waals surface area contributed by atoms with Gasteiger partial charge in [-0.2, -0.15) is 0 Å². The van der Waals surface area contributed by atoms with E-state index in [-0.39, 0.29) is 0 Å². The van der Waals surface area contributed by atoms with Gasteiger partial charge < -0.3 is 10.1 Å². The summed E-state index contributed by atoms with van der Waals surface area (Å²) in [4.78, 5) is 2.57. The first kappa shape index (κ1) is 17.8. The van der Waals surface area contributed by atoms with Gasteiger partial charge in [-0.15, -0.1) is 0 Å². The monoisotopic (exact) mass is 330 g/mol. The molecule has 0 radical (unpaired) electrons.